The molecule has 2 aliphatic rings. The van der Waals surface area contributed by atoms with Gasteiger partial charge in [0, 0.05) is 36.9 Å². The molecule has 1 spiro atoms. The molecule has 5 rings (SSSR count). The lowest BCUT2D eigenvalue weighted by atomic mass is 9.83. The molecular weight excluding hydrogens is 394 g/mol. The van der Waals surface area contributed by atoms with Crippen molar-refractivity contribution in [2.75, 3.05) is 13.1 Å². The minimum atomic E-state index is -0.560. The van der Waals surface area contributed by atoms with Crippen LogP contribution in [-0.2, 0) is 5.54 Å². The Hall–Kier alpha value is -3.16. The maximum atomic E-state index is 13.1. The van der Waals surface area contributed by atoms with Gasteiger partial charge in [-0.1, -0.05) is 0 Å². The number of carbonyl (C=O) groups excluding carboxylic acids is 2. The first kappa shape index (κ1) is 19.8. The number of fused-ring (bicyclic) bond motifs is 2. The molecular formula is C23H27N5O3. The lowest BCUT2D eigenvalue weighted by Crippen LogP contribution is -2.52. The second-order valence-electron chi connectivity index (χ2n) is 9.76. The smallest absolute Gasteiger partial charge is 0.253 e. The van der Waals surface area contributed by atoms with E-state index in [1.54, 1.807) is 10.9 Å². The average Bonchev–Trinajstić information content (AvgIpc) is 3.35. The third-order valence-corrected chi connectivity index (χ3v) is 6.42. The van der Waals surface area contributed by atoms with E-state index >= 15 is 0 Å². The van der Waals surface area contributed by atoms with Gasteiger partial charge in [0.1, 0.15) is 5.60 Å². The Labute approximate surface area is 180 Å². The number of carbonyl (C=O) groups is 2. The second-order valence-corrected chi connectivity index (χ2v) is 9.76. The van der Waals surface area contributed by atoms with E-state index in [0.29, 0.717) is 49.4 Å². The highest BCUT2D eigenvalue weighted by Gasteiger charge is 2.45. The maximum Gasteiger partial charge on any atom is 0.253 e. The van der Waals surface area contributed by atoms with Gasteiger partial charge in [-0.2, -0.15) is 10.2 Å². The van der Waals surface area contributed by atoms with Crippen LogP contribution in [0.3, 0.4) is 0 Å². The molecule has 1 N–H and O–H groups in total. The molecule has 3 aromatic rings. The number of benzene rings is 1. The molecule has 0 radical (unpaired) electrons. The number of aromatic nitrogens is 4. The number of nitrogens with one attached hydrogen (secondary N) is 1. The molecule has 31 heavy (non-hydrogen) atoms. The highest BCUT2D eigenvalue weighted by molar-refractivity contribution is 5.99. The van der Waals surface area contributed by atoms with Crippen molar-refractivity contribution in [3.8, 4) is 5.75 Å². The van der Waals surface area contributed by atoms with E-state index in [0.717, 1.165) is 16.5 Å². The standard InChI is InChI=1S/C23H27N5O3/c1-14-9-15(10-17-16(14)12-24-25-17)21(30)27-7-5-23(6-8-27)11-18(29)20-19(31-23)13-28(26-20)22(2,3)4/h9-10,12-13H,5-8,11H2,1-4H3,(H,24,25). The molecule has 0 saturated carbocycles. The first-order valence-corrected chi connectivity index (χ1v) is 10.7. The Kier molecular flexibility index (Phi) is 4.26. The topological polar surface area (TPSA) is 93.1 Å². The highest BCUT2D eigenvalue weighted by atomic mass is 16.5. The largest absolute Gasteiger partial charge is 0.483 e. The van der Waals surface area contributed by atoms with E-state index in [-0.39, 0.29) is 17.2 Å². The number of piperidine rings is 1. The van der Waals surface area contributed by atoms with E-state index in [1.165, 1.54) is 0 Å². The summed E-state index contributed by atoms with van der Waals surface area (Å²) >= 11 is 0. The number of Topliss-reactive ketones (excluding diaryl/α,β-unsaturated/α-hetero) is 1. The highest BCUT2D eigenvalue weighted by Crippen LogP contribution is 2.40. The van der Waals surface area contributed by atoms with E-state index in [1.807, 2.05) is 50.9 Å². The van der Waals surface area contributed by atoms with Crippen molar-refractivity contribution in [2.24, 2.45) is 0 Å². The molecule has 0 atom stereocenters. The summed E-state index contributed by atoms with van der Waals surface area (Å²) in [7, 11) is 0. The average molecular weight is 422 g/mol. The molecule has 0 bridgehead atoms. The summed E-state index contributed by atoms with van der Waals surface area (Å²) in [5.74, 6) is 0.577. The molecule has 4 heterocycles. The number of H-pyrrole nitrogens is 1. The molecule has 1 amide bonds. The van der Waals surface area contributed by atoms with Gasteiger partial charge in [-0.3, -0.25) is 19.4 Å². The molecule has 0 unspecified atom stereocenters. The molecule has 8 nitrogen and oxygen atoms in total. The van der Waals surface area contributed by atoms with Crippen LogP contribution in [0.2, 0.25) is 0 Å². The minimum Gasteiger partial charge on any atom is -0.483 e. The summed E-state index contributed by atoms with van der Waals surface area (Å²) in [6.45, 7) is 9.20. The van der Waals surface area contributed by atoms with Crippen LogP contribution in [0.25, 0.3) is 10.9 Å². The zero-order valence-electron chi connectivity index (χ0n) is 18.4. The van der Waals surface area contributed by atoms with Gasteiger partial charge in [0.2, 0.25) is 0 Å². The molecule has 2 aromatic heterocycles. The monoisotopic (exact) mass is 421 g/mol. The third-order valence-electron chi connectivity index (χ3n) is 6.42. The zero-order chi connectivity index (χ0) is 22.0. The van der Waals surface area contributed by atoms with Crippen molar-refractivity contribution in [3.63, 3.8) is 0 Å². The number of ketones is 1. The number of nitrogens with zero attached hydrogens (tertiary/aromatic N) is 4. The first-order chi connectivity index (χ1) is 14.7. The predicted molar refractivity (Wildman–Crippen MR) is 115 cm³/mol. The van der Waals surface area contributed by atoms with E-state index in [2.05, 4.69) is 15.3 Å². The van der Waals surface area contributed by atoms with Gasteiger partial charge in [-0.05, 0) is 45.4 Å². The van der Waals surface area contributed by atoms with Crippen LogP contribution in [-0.4, -0.2) is 55.3 Å². The van der Waals surface area contributed by atoms with Crippen molar-refractivity contribution < 1.29 is 14.3 Å². The second kappa shape index (κ2) is 6.67. The van der Waals surface area contributed by atoms with Crippen LogP contribution in [0.5, 0.6) is 5.75 Å². The summed E-state index contributed by atoms with van der Waals surface area (Å²) in [6.07, 6.45) is 5.15. The van der Waals surface area contributed by atoms with Crippen LogP contribution in [0, 0.1) is 6.92 Å². The summed E-state index contributed by atoms with van der Waals surface area (Å²) in [4.78, 5) is 27.8. The van der Waals surface area contributed by atoms with Gasteiger partial charge < -0.3 is 9.64 Å². The van der Waals surface area contributed by atoms with E-state index < -0.39 is 5.60 Å². The summed E-state index contributed by atoms with van der Waals surface area (Å²) in [6, 6.07) is 3.77. The Balaban J connectivity index is 1.33. The number of aromatic amines is 1. The maximum absolute atomic E-state index is 13.1. The van der Waals surface area contributed by atoms with Gasteiger partial charge in [-0.25, -0.2) is 0 Å². The molecule has 1 aromatic carbocycles. The minimum absolute atomic E-state index is 0.00201. The fraction of sp³-hybridized carbons (Fsp3) is 0.478. The molecule has 162 valence electrons. The molecule has 8 heteroatoms. The Bertz CT molecular complexity index is 1190. The number of aryl methyl sites for hydroxylation is 1. The summed E-state index contributed by atoms with van der Waals surface area (Å²) < 4.78 is 8.14. The third kappa shape index (κ3) is 3.30. The van der Waals surface area contributed by atoms with Crippen molar-refractivity contribution in [1.82, 2.24) is 24.9 Å². The summed E-state index contributed by atoms with van der Waals surface area (Å²) in [5.41, 5.74) is 2.17. The van der Waals surface area contributed by atoms with Gasteiger partial charge in [0.05, 0.1) is 29.9 Å². The fourth-order valence-corrected chi connectivity index (χ4v) is 4.55. The van der Waals surface area contributed by atoms with E-state index in [9.17, 15) is 9.59 Å². The molecule has 0 aliphatic carbocycles. The number of likely N-dealkylation sites (tertiary alicyclic amines) is 1. The number of ether oxygens (including phenoxy) is 1. The van der Waals surface area contributed by atoms with Crippen molar-refractivity contribution in [1.29, 1.82) is 0 Å². The van der Waals surface area contributed by atoms with Crippen LogP contribution in [0.4, 0.5) is 0 Å². The van der Waals surface area contributed by atoms with Gasteiger partial charge in [-0.15, -0.1) is 0 Å². The number of hydrogen-bond acceptors (Lipinski definition) is 5. The Morgan fingerprint density at radius 2 is 1.97 bits per heavy atom. The Morgan fingerprint density at radius 3 is 2.68 bits per heavy atom. The number of rotatable bonds is 1. The fourth-order valence-electron chi connectivity index (χ4n) is 4.55. The number of amides is 1. The lowest BCUT2D eigenvalue weighted by Gasteiger charge is -2.43. The first-order valence-electron chi connectivity index (χ1n) is 10.7. The van der Waals surface area contributed by atoms with Gasteiger partial charge in [0.25, 0.3) is 5.91 Å². The van der Waals surface area contributed by atoms with Gasteiger partial charge >= 0.3 is 0 Å². The number of hydrogen-bond donors (Lipinski definition) is 1. The van der Waals surface area contributed by atoms with Crippen molar-refractivity contribution in [3.05, 3.63) is 41.3 Å². The quantitative estimate of drug-likeness (QED) is 0.649. The SMILES string of the molecule is Cc1cc(C(=O)N2CCC3(CC2)CC(=O)c2nn(C(C)(C)C)cc2O3)cc2[nH]ncc12. The predicted octanol–water partition coefficient (Wildman–Crippen LogP) is 3.46. The normalized spacial score (nSPS) is 18.3. The van der Waals surface area contributed by atoms with Crippen molar-refractivity contribution in [2.45, 2.75) is 58.1 Å². The molecule has 1 fully saturated rings. The van der Waals surface area contributed by atoms with Gasteiger partial charge in [0.15, 0.2) is 17.2 Å². The summed E-state index contributed by atoms with van der Waals surface area (Å²) in [5, 5.41) is 12.5. The van der Waals surface area contributed by atoms with Crippen LogP contribution >= 0.6 is 0 Å². The van der Waals surface area contributed by atoms with E-state index in [4.69, 9.17) is 4.74 Å². The van der Waals surface area contributed by atoms with Crippen molar-refractivity contribution >= 4 is 22.6 Å². The van der Waals surface area contributed by atoms with Crippen LogP contribution in [0.15, 0.2) is 24.5 Å². The molecule has 2 aliphatic heterocycles. The van der Waals surface area contributed by atoms with Crippen LogP contribution < -0.4 is 4.74 Å². The Morgan fingerprint density at radius 1 is 1.23 bits per heavy atom. The lowest BCUT2D eigenvalue weighted by molar-refractivity contribution is -0.00586. The van der Waals surface area contributed by atoms with Crippen LogP contribution in [0.1, 0.15) is 66.4 Å². The zero-order valence-corrected chi connectivity index (χ0v) is 18.4. The molecule has 1 saturated heterocycles.